The number of hydrogen-bond acceptors (Lipinski definition) is 2. The van der Waals surface area contributed by atoms with E-state index in [1.807, 2.05) is 18.2 Å². The molecule has 0 aromatic heterocycles. The Morgan fingerprint density at radius 2 is 1.88 bits per heavy atom. The summed E-state index contributed by atoms with van der Waals surface area (Å²) in [7, 11) is 0. The first-order chi connectivity index (χ1) is 8.25. The van der Waals surface area contributed by atoms with E-state index in [9.17, 15) is 0 Å². The lowest BCUT2D eigenvalue weighted by Gasteiger charge is -2.06. The molecule has 0 spiro atoms. The summed E-state index contributed by atoms with van der Waals surface area (Å²) in [6, 6.07) is 6.62. The molecule has 0 bridgehead atoms. The highest BCUT2D eigenvalue weighted by Crippen LogP contribution is 2.22. The van der Waals surface area contributed by atoms with Gasteiger partial charge in [-0.1, -0.05) is 29.3 Å². The largest absolute Gasteiger partial charge is 0.315 e. The summed E-state index contributed by atoms with van der Waals surface area (Å²) >= 11 is 11.8. The highest BCUT2D eigenvalue weighted by atomic mass is 35.5. The first-order valence-electron chi connectivity index (χ1n) is 6.14. The summed E-state index contributed by atoms with van der Waals surface area (Å²) in [5, 5.41) is 8.14. The minimum Gasteiger partial charge on any atom is -0.315 e. The van der Waals surface area contributed by atoms with E-state index in [0.29, 0.717) is 10.0 Å². The van der Waals surface area contributed by atoms with Gasteiger partial charge in [-0.3, -0.25) is 0 Å². The molecule has 4 heteroatoms. The van der Waals surface area contributed by atoms with Crippen LogP contribution >= 0.6 is 23.2 Å². The van der Waals surface area contributed by atoms with Crippen LogP contribution in [0.15, 0.2) is 18.2 Å². The van der Waals surface area contributed by atoms with Gasteiger partial charge in [-0.15, -0.1) is 0 Å². The molecular formula is C13H18Cl2N2. The van der Waals surface area contributed by atoms with Gasteiger partial charge in [0.25, 0.3) is 0 Å². The highest BCUT2D eigenvalue weighted by Gasteiger charge is 2.19. The van der Waals surface area contributed by atoms with Crippen LogP contribution in [0.4, 0.5) is 0 Å². The van der Waals surface area contributed by atoms with Gasteiger partial charge in [0.05, 0.1) is 10.0 Å². The fourth-order valence-corrected chi connectivity index (χ4v) is 2.03. The molecule has 2 N–H and O–H groups in total. The van der Waals surface area contributed by atoms with Crippen molar-refractivity contribution in [1.29, 1.82) is 0 Å². The second kappa shape index (κ2) is 6.60. The Bertz CT molecular complexity index is 364. The predicted octanol–water partition coefficient (Wildman–Crippen LogP) is 2.88. The van der Waals surface area contributed by atoms with Crippen LogP contribution in [0, 0.1) is 0 Å². The highest BCUT2D eigenvalue weighted by molar-refractivity contribution is 6.42. The van der Waals surface area contributed by atoms with Gasteiger partial charge in [0.2, 0.25) is 0 Å². The van der Waals surface area contributed by atoms with Gasteiger partial charge in [0.15, 0.2) is 0 Å². The van der Waals surface area contributed by atoms with Crippen LogP contribution < -0.4 is 10.6 Å². The fraction of sp³-hybridized carbons (Fsp3) is 0.538. The zero-order chi connectivity index (χ0) is 12.1. The smallest absolute Gasteiger partial charge is 0.0595 e. The molecule has 2 rings (SSSR count). The van der Waals surface area contributed by atoms with Crippen LogP contribution in [0.25, 0.3) is 0 Å². The molecule has 1 saturated carbocycles. The standard InChI is InChI=1S/C13H18Cl2N2/c14-12-4-1-10(9-13(12)15)5-6-16-7-8-17-11-2-3-11/h1,4,9,11,16-17H,2-3,5-8H2. The number of benzene rings is 1. The summed E-state index contributed by atoms with van der Waals surface area (Å²) in [4.78, 5) is 0. The number of nitrogens with one attached hydrogen (secondary N) is 2. The molecule has 0 aliphatic heterocycles. The summed E-state index contributed by atoms with van der Waals surface area (Å²) in [6.45, 7) is 3.06. The Hall–Kier alpha value is -0.280. The first-order valence-corrected chi connectivity index (χ1v) is 6.89. The predicted molar refractivity (Wildman–Crippen MR) is 74.1 cm³/mol. The van der Waals surface area contributed by atoms with Crippen LogP contribution in [-0.2, 0) is 6.42 Å². The Labute approximate surface area is 113 Å². The van der Waals surface area contributed by atoms with Crippen molar-refractivity contribution < 1.29 is 0 Å². The number of rotatable bonds is 7. The van der Waals surface area contributed by atoms with Crippen LogP contribution in [0.2, 0.25) is 10.0 Å². The molecule has 2 nitrogen and oxygen atoms in total. The van der Waals surface area contributed by atoms with E-state index >= 15 is 0 Å². The molecule has 1 aliphatic rings. The maximum absolute atomic E-state index is 5.96. The normalized spacial score (nSPS) is 15.2. The number of halogens is 2. The van der Waals surface area contributed by atoms with Crippen molar-refractivity contribution >= 4 is 23.2 Å². The molecule has 17 heavy (non-hydrogen) atoms. The van der Waals surface area contributed by atoms with E-state index in [2.05, 4.69) is 10.6 Å². The number of hydrogen-bond donors (Lipinski definition) is 2. The van der Waals surface area contributed by atoms with Gasteiger partial charge < -0.3 is 10.6 Å². The summed E-state index contributed by atoms with van der Waals surface area (Å²) in [6.07, 6.45) is 3.69. The Balaban J connectivity index is 1.58. The topological polar surface area (TPSA) is 24.1 Å². The molecule has 1 aliphatic carbocycles. The molecule has 1 aromatic carbocycles. The molecule has 0 amide bonds. The van der Waals surface area contributed by atoms with E-state index in [0.717, 1.165) is 32.1 Å². The lowest BCUT2D eigenvalue weighted by atomic mass is 10.1. The third kappa shape index (κ3) is 4.84. The SMILES string of the molecule is Clc1ccc(CCNCCNC2CC2)cc1Cl. The van der Waals surface area contributed by atoms with E-state index in [1.54, 1.807) is 0 Å². The Morgan fingerprint density at radius 1 is 1.06 bits per heavy atom. The molecule has 0 heterocycles. The third-order valence-corrected chi connectivity index (χ3v) is 3.63. The van der Waals surface area contributed by atoms with Gasteiger partial charge in [-0.2, -0.15) is 0 Å². The van der Waals surface area contributed by atoms with Crippen molar-refractivity contribution in [2.24, 2.45) is 0 Å². The van der Waals surface area contributed by atoms with Gasteiger partial charge in [0.1, 0.15) is 0 Å². The molecule has 94 valence electrons. The van der Waals surface area contributed by atoms with Crippen molar-refractivity contribution in [3.8, 4) is 0 Å². The van der Waals surface area contributed by atoms with E-state index < -0.39 is 0 Å². The van der Waals surface area contributed by atoms with Gasteiger partial charge in [-0.05, 0) is 43.5 Å². The summed E-state index contributed by atoms with van der Waals surface area (Å²) < 4.78 is 0. The second-order valence-corrected chi connectivity index (χ2v) is 5.29. The van der Waals surface area contributed by atoms with E-state index in [1.165, 1.54) is 18.4 Å². The fourth-order valence-electron chi connectivity index (χ4n) is 1.71. The third-order valence-electron chi connectivity index (χ3n) is 2.89. The summed E-state index contributed by atoms with van der Waals surface area (Å²) in [5.41, 5.74) is 1.22. The van der Waals surface area contributed by atoms with E-state index in [4.69, 9.17) is 23.2 Å². The molecule has 1 fully saturated rings. The van der Waals surface area contributed by atoms with E-state index in [-0.39, 0.29) is 0 Å². The van der Waals surface area contributed by atoms with Gasteiger partial charge in [-0.25, -0.2) is 0 Å². The second-order valence-electron chi connectivity index (χ2n) is 4.48. The van der Waals surface area contributed by atoms with Gasteiger partial charge in [0, 0.05) is 19.1 Å². The van der Waals surface area contributed by atoms with Crippen molar-refractivity contribution in [3.05, 3.63) is 33.8 Å². The minimum atomic E-state index is 0.622. The summed E-state index contributed by atoms with van der Waals surface area (Å²) in [5.74, 6) is 0. The zero-order valence-corrected chi connectivity index (χ0v) is 11.3. The monoisotopic (exact) mass is 272 g/mol. The molecule has 0 atom stereocenters. The van der Waals surface area contributed by atoms with Crippen molar-refractivity contribution in [2.45, 2.75) is 25.3 Å². The van der Waals surface area contributed by atoms with Crippen molar-refractivity contribution in [1.82, 2.24) is 10.6 Å². The minimum absolute atomic E-state index is 0.622. The molecular weight excluding hydrogens is 255 g/mol. The van der Waals surface area contributed by atoms with Crippen molar-refractivity contribution in [2.75, 3.05) is 19.6 Å². The lowest BCUT2D eigenvalue weighted by Crippen LogP contribution is -2.29. The maximum Gasteiger partial charge on any atom is 0.0595 e. The van der Waals surface area contributed by atoms with Crippen LogP contribution in [-0.4, -0.2) is 25.7 Å². The average Bonchev–Trinajstić information content (AvgIpc) is 3.12. The maximum atomic E-state index is 5.96. The zero-order valence-electron chi connectivity index (χ0n) is 9.81. The average molecular weight is 273 g/mol. The molecule has 1 aromatic rings. The lowest BCUT2D eigenvalue weighted by molar-refractivity contribution is 0.609. The Morgan fingerprint density at radius 3 is 2.59 bits per heavy atom. The Kier molecular flexibility index (Phi) is 5.11. The van der Waals surface area contributed by atoms with Crippen molar-refractivity contribution in [3.63, 3.8) is 0 Å². The molecule has 0 radical (unpaired) electrons. The first kappa shape index (κ1) is 13.2. The van der Waals surface area contributed by atoms with Crippen LogP contribution in [0.3, 0.4) is 0 Å². The van der Waals surface area contributed by atoms with Crippen LogP contribution in [0.5, 0.6) is 0 Å². The van der Waals surface area contributed by atoms with Crippen LogP contribution in [0.1, 0.15) is 18.4 Å². The van der Waals surface area contributed by atoms with Gasteiger partial charge >= 0.3 is 0 Å². The quantitative estimate of drug-likeness (QED) is 0.746. The molecule has 0 unspecified atom stereocenters. The molecule has 0 saturated heterocycles.